The number of rotatable bonds is 4. The Kier molecular flexibility index (Phi) is 4.32. The second-order valence-electron chi connectivity index (χ2n) is 5.03. The van der Waals surface area contributed by atoms with Crippen LogP contribution in [0.4, 0.5) is 4.39 Å². The molecule has 0 atom stereocenters. The van der Waals surface area contributed by atoms with E-state index in [2.05, 4.69) is 5.32 Å². The minimum absolute atomic E-state index is 0.246. The predicted octanol–water partition coefficient (Wildman–Crippen LogP) is 2.26. The molecule has 1 aliphatic rings. The highest BCUT2D eigenvalue weighted by Gasteiger charge is 2.30. The van der Waals surface area contributed by atoms with E-state index in [-0.39, 0.29) is 11.7 Å². The van der Waals surface area contributed by atoms with Gasteiger partial charge in [0.05, 0.1) is 5.60 Å². The summed E-state index contributed by atoms with van der Waals surface area (Å²) in [4.78, 5) is 11.6. The standard InChI is InChI=1S/C15H18FNO2/c16-13-6-3-12(4-7-13)5-8-14(18)17-11-15(19)9-1-2-10-15/h3-8,19H,1-2,9-11H2,(H,17,18)/b8-5+. The van der Waals surface area contributed by atoms with Crippen molar-refractivity contribution in [2.75, 3.05) is 6.54 Å². The molecule has 0 aliphatic heterocycles. The van der Waals surface area contributed by atoms with Crippen LogP contribution in [0.15, 0.2) is 30.3 Å². The third-order valence-corrected chi connectivity index (χ3v) is 3.42. The Morgan fingerprint density at radius 3 is 2.58 bits per heavy atom. The largest absolute Gasteiger partial charge is 0.388 e. The van der Waals surface area contributed by atoms with Crippen molar-refractivity contribution in [2.24, 2.45) is 0 Å². The molecule has 1 saturated carbocycles. The van der Waals surface area contributed by atoms with Gasteiger partial charge in [0, 0.05) is 12.6 Å². The molecule has 102 valence electrons. The van der Waals surface area contributed by atoms with E-state index in [1.54, 1.807) is 18.2 Å². The summed E-state index contributed by atoms with van der Waals surface area (Å²) in [6, 6.07) is 5.89. The lowest BCUT2D eigenvalue weighted by Gasteiger charge is -2.21. The van der Waals surface area contributed by atoms with Crippen molar-refractivity contribution >= 4 is 12.0 Å². The molecule has 0 saturated heterocycles. The van der Waals surface area contributed by atoms with Crippen LogP contribution in [0.25, 0.3) is 6.08 Å². The molecule has 19 heavy (non-hydrogen) atoms. The number of aliphatic hydroxyl groups is 1. The lowest BCUT2D eigenvalue weighted by molar-refractivity contribution is -0.117. The average molecular weight is 263 g/mol. The number of carbonyl (C=O) groups is 1. The zero-order valence-electron chi connectivity index (χ0n) is 10.7. The fourth-order valence-electron chi connectivity index (χ4n) is 2.27. The van der Waals surface area contributed by atoms with E-state index >= 15 is 0 Å². The molecule has 3 nitrogen and oxygen atoms in total. The summed E-state index contributed by atoms with van der Waals surface area (Å²) in [5.41, 5.74) is 0.0236. The monoisotopic (exact) mass is 263 g/mol. The van der Waals surface area contributed by atoms with Gasteiger partial charge in [0.25, 0.3) is 0 Å². The van der Waals surface area contributed by atoms with Gasteiger partial charge in [0.2, 0.25) is 5.91 Å². The summed E-state index contributed by atoms with van der Waals surface area (Å²) < 4.78 is 12.7. The minimum atomic E-state index is -0.737. The molecule has 1 aromatic carbocycles. The van der Waals surface area contributed by atoms with E-state index in [4.69, 9.17) is 0 Å². The van der Waals surface area contributed by atoms with Crippen LogP contribution >= 0.6 is 0 Å². The van der Waals surface area contributed by atoms with Crippen molar-refractivity contribution in [3.05, 3.63) is 41.7 Å². The second kappa shape index (κ2) is 5.97. The van der Waals surface area contributed by atoms with Crippen LogP contribution < -0.4 is 5.32 Å². The number of nitrogens with one attached hydrogen (secondary N) is 1. The van der Waals surface area contributed by atoms with Crippen molar-refractivity contribution in [3.8, 4) is 0 Å². The lowest BCUT2D eigenvalue weighted by atomic mass is 10.0. The average Bonchev–Trinajstić information content (AvgIpc) is 2.83. The molecule has 0 aromatic heterocycles. The van der Waals surface area contributed by atoms with Crippen LogP contribution in [0.1, 0.15) is 31.2 Å². The van der Waals surface area contributed by atoms with Gasteiger partial charge in [-0.15, -0.1) is 0 Å². The fraction of sp³-hybridized carbons (Fsp3) is 0.400. The first kappa shape index (κ1) is 13.7. The van der Waals surface area contributed by atoms with Crippen LogP contribution in [-0.2, 0) is 4.79 Å². The van der Waals surface area contributed by atoms with E-state index in [1.165, 1.54) is 18.2 Å². The Bertz CT molecular complexity index is 462. The van der Waals surface area contributed by atoms with Gasteiger partial charge in [-0.25, -0.2) is 4.39 Å². The van der Waals surface area contributed by atoms with Gasteiger partial charge >= 0.3 is 0 Å². The van der Waals surface area contributed by atoms with Crippen molar-refractivity contribution in [3.63, 3.8) is 0 Å². The molecule has 1 aromatic rings. The normalized spacial score (nSPS) is 17.8. The van der Waals surface area contributed by atoms with Crippen LogP contribution in [0.5, 0.6) is 0 Å². The third-order valence-electron chi connectivity index (χ3n) is 3.42. The fourth-order valence-corrected chi connectivity index (χ4v) is 2.27. The number of hydrogen-bond donors (Lipinski definition) is 2. The molecular weight excluding hydrogens is 245 g/mol. The molecule has 1 aliphatic carbocycles. The highest BCUT2D eigenvalue weighted by atomic mass is 19.1. The molecule has 2 N–H and O–H groups in total. The molecule has 0 radical (unpaired) electrons. The second-order valence-corrected chi connectivity index (χ2v) is 5.03. The highest BCUT2D eigenvalue weighted by molar-refractivity contribution is 5.91. The molecular formula is C15H18FNO2. The number of benzene rings is 1. The number of halogens is 1. The van der Waals surface area contributed by atoms with Crippen molar-refractivity contribution in [1.82, 2.24) is 5.32 Å². The van der Waals surface area contributed by atoms with Gasteiger partial charge in [0.1, 0.15) is 5.82 Å². The smallest absolute Gasteiger partial charge is 0.244 e. The first-order valence-corrected chi connectivity index (χ1v) is 6.51. The molecule has 1 amide bonds. The van der Waals surface area contributed by atoms with E-state index < -0.39 is 5.60 Å². The maximum absolute atomic E-state index is 12.7. The zero-order valence-corrected chi connectivity index (χ0v) is 10.7. The molecule has 0 spiro atoms. The summed E-state index contributed by atoms with van der Waals surface area (Å²) in [7, 11) is 0. The van der Waals surface area contributed by atoms with Crippen molar-refractivity contribution in [2.45, 2.75) is 31.3 Å². The van der Waals surface area contributed by atoms with E-state index in [9.17, 15) is 14.3 Å². The zero-order chi connectivity index (χ0) is 13.7. The molecule has 2 rings (SSSR count). The number of amides is 1. The Balaban J connectivity index is 1.82. The highest BCUT2D eigenvalue weighted by Crippen LogP contribution is 2.28. The summed E-state index contributed by atoms with van der Waals surface area (Å²) in [6.07, 6.45) is 6.53. The number of hydrogen-bond acceptors (Lipinski definition) is 2. The van der Waals surface area contributed by atoms with Crippen LogP contribution in [0, 0.1) is 5.82 Å². The molecule has 0 unspecified atom stereocenters. The first-order valence-electron chi connectivity index (χ1n) is 6.51. The van der Waals surface area contributed by atoms with E-state index in [0.29, 0.717) is 6.54 Å². The van der Waals surface area contributed by atoms with Crippen LogP contribution in [0.2, 0.25) is 0 Å². The SMILES string of the molecule is O=C(/C=C/c1ccc(F)cc1)NCC1(O)CCCC1. The topological polar surface area (TPSA) is 49.3 Å². The van der Waals surface area contributed by atoms with Gasteiger partial charge in [-0.2, -0.15) is 0 Å². The Hall–Kier alpha value is -1.68. The van der Waals surface area contributed by atoms with Gasteiger partial charge in [-0.1, -0.05) is 25.0 Å². The lowest BCUT2D eigenvalue weighted by Crippen LogP contribution is -2.40. The number of carbonyl (C=O) groups excluding carboxylic acids is 1. The predicted molar refractivity (Wildman–Crippen MR) is 71.9 cm³/mol. The Morgan fingerprint density at radius 2 is 1.95 bits per heavy atom. The molecule has 1 fully saturated rings. The third kappa shape index (κ3) is 4.17. The summed E-state index contributed by atoms with van der Waals surface area (Å²) in [6.45, 7) is 0.291. The summed E-state index contributed by atoms with van der Waals surface area (Å²) >= 11 is 0. The first-order chi connectivity index (χ1) is 9.07. The summed E-state index contributed by atoms with van der Waals surface area (Å²) in [5.74, 6) is -0.547. The van der Waals surface area contributed by atoms with Crippen molar-refractivity contribution in [1.29, 1.82) is 0 Å². The Morgan fingerprint density at radius 1 is 1.32 bits per heavy atom. The van der Waals surface area contributed by atoms with E-state index in [0.717, 1.165) is 31.2 Å². The minimum Gasteiger partial charge on any atom is -0.388 e. The molecule has 0 bridgehead atoms. The summed E-state index contributed by atoms with van der Waals surface area (Å²) in [5, 5.41) is 12.8. The van der Waals surface area contributed by atoms with Gasteiger partial charge in [0.15, 0.2) is 0 Å². The van der Waals surface area contributed by atoms with Gasteiger partial charge < -0.3 is 10.4 Å². The van der Waals surface area contributed by atoms with Gasteiger partial charge in [-0.05, 0) is 36.6 Å². The molecule has 4 heteroatoms. The van der Waals surface area contributed by atoms with Crippen molar-refractivity contribution < 1.29 is 14.3 Å². The van der Waals surface area contributed by atoms with Gasteiger partial charge in [-0.3, -0.25) is 4.79 Å². The quantitative estimate of drug-likeness (QED) is 0.819. The maximum Gasteiger partial charge on any atom is 0.244 e. The molecule has 0 heterocycles. The van der Waals surface area contributed by atoms with Crippen LogP contribution in [-0.4, -0.2) is 23.2 Å². The van der Waals surface area contributed by atoms with Crippen LogP contribution in [0.3, 0.4) is 0 Å². The Labute approximate surface area is 112 Å². The maximum atomic E-state index is 12.7. The van der Waals surface area contributed by atoms with E-state index in [1.807, 2.05) is 0 Å².